The van der Waals surface area contributed by atoms with Crippen molar-refractivity contribution in [2.45, 2.75) is 6.54 Å². The smallest absolute Gasteiger partial charge is 0.121 e. The van der Waals surface area contributed by atoms with E-state index < -0.39 is 0 Å². The molecule has 0 saturated heterocycles. The van der Waals surface area contributed by atoms with E-state index in [9.17, 15) is 0 Å². The third kappa shape index (κ3) is 2.10. The molecule has 0 aliphatic carbocycles. The lowest BCUT2D eigenvalue weighted by Gasteiger charge is -2.01. The van der Waals surface area contributed by atoms with Crippen molar-refractivity contribution in [2.75, 3.05) is 13.7 Å². The fourth-order valence-electron chi connectivity index (χ4n) is 0.940. The number of hydrogen-bond donors (Lipinski definition) is 0. The predicted molar refractivity (Wildman–Crippen MR) is 48.7 cm³/mol. The Balaban J connectivity index is 2.77. The van der Waals surface area contributed by atoms with Gasteiger partial charge in [0.1, 0.15) is 11.8 Å². The third-order valence-electron chi connectivity index (χ3n) is 1.51. The average molecular weight is 229 g/mol. The standard InChI is InChI=1S/C8H9BrN2O/c1-12-3-2-11-6-7(9)4-8(11)5-10/h4,6H,2-3H2,1H3. The van der Waals surface area contributed by atoms with Gasteiger partial charge in [0.15, 0.2) is 0 Å². The van der Waals surface area contributed by atoms with Gasteiger partial charge in [-0.1, -0.05) is 0 Å². The third-order valence-corrected chi connectivity index (χ3v) is 1.95. The minimum Gasteiger partial charge on any atom is -0.383 e. The van der Waals surface area contributed by atoms with Crippen LogP contribution in [-0.2, 0) is 11.3 Å². The second-order valence-corrected chi connectivity index (χ2v) is 3.26. The Morgan fingerprint density at radius 1 is 1.75 bits per heavy atom. The fourth-order valence-corrected chi connectivity index (χ4v) is 1.40. The van der Waals surface area contributed by atoms with Crippen LogP contribution in [0.1, 0.15) is 5.69 Å². The van der Waals surface area contributed by atoms with Crippen molar-refractivity contribution >= 4 is 15.9 Å². The molecular formula is C8H9BrN2O. The van der Waals surface area contributed by atoms with Crippen LogP contribution in [0.3, 0.4) is 0 Å². The van der Waals surface area contributed by atoms with Crippen molar-refractivity contribution in [1.29, 1.82) is 5.26 Å². The van der Waals surface area contributed by atoms with Crippen LogP contribution in [0.25, 0.3) is 0 Å². The maximum atomic E-state index is 8.70. The summed E-state index contributed by atoms with van der Waals surface area (Å²) < 4.78 is 7.69. The van der Waals surface area contributed by atoms with E-state index >= 15 is 0 Å². The lowest BCUT2D eigenvalue weighted by molar-refractivity contribution is 0.187. The topological polar surface area (TPSA) is 38.0 Å². The Morgan fingerprint density at radius 2 is 2.50 bits per heavy atom. The van der Waals surface area contributed by atoms with Crippen LogP contribution >= 0.6 is 15.9 Å². The van der Waals surface area contributed by atoms with Crippen LogP contribution < -0.4 is 0 Å². The normalized spacial score (nSPS) is 9.75. The molecule has 0 bridgehead atoms. The molecule has 0 N–H and O–H groups in total. The van der Waals surface area contributed by atoms with Crippen LogP contribution in [0.4, 0.5) is 0 Å². The molecule has 0 spiro atoms. The lowest BCUT2D eigenvalue weighted by atomic mass is 10.5. The van der Waals surface area contributed by atoms with Crippen molar-refractivity contribution in [3.63, 3.8) is 0 Å². The monoisotopic (exact) mass is 228 g/mol. The summed E-state index contributed by atoms with van der Waals surface area (Å²) in [6.45, 7) is 1.33. The molecule has 3 nitrogen and oxygen atoms in total. The summed E-state index contributed by atoms with van der Waals surface area (Å²) in [6, 6.07) is 3.89. The summed E-state index contributed by atoms with van der Waals surface area (Å²) in [6.07, 6.45) is 1.87. The molecule has 0 aromatic carbocycles. The molecule has 0 aliphatic heterocycles. The first-order valence-corrected chi connectivity index (χ1v) is 4.32. The Hall–Kier alpha value is -0.790. The highest BCUT2D eigenvalue weighted by atomic mass is 79.9. The molecule has 0 aliphatic rings. The van der Waals surface area contributed by atoms with Gasteiger partial charge in [0.05, 0.1) is 6.61 Å². The van der Waals surface area contributed by atoms with Crippen LogP contribution in [0.15, 0.2) is 16.7 Å². The quantitative estimate of drug-likeness (QED) is 0.792. The van der Waals surface area contributed by atoms with Gasteiger partial charge in [-0.2, -0.15) is 5.26 Å². The number of methoxy groups -OCH3 is 1. The van der Waals surface area contributed by atoms with Gasteiger partial charge >= 0.3 is 0 Å². The van der Waals surface area contributed by atoms with Crippen LogP contribution in [0, 0.1) is 11.3 Å². The van der Waals surface area contributed by atoms with Gasteiger partial charge in [-0.3, -0.25) is 0 Å². The van der Waals surface area contributed by atoms with Gasteiger partial charge in [-0.05, 0) is 22.0 Å². The van der Waals surface area contributed by atoms with Crippen molar-refractivity contribution in [1.82, 2.24) is 4.57 Å². The molecule has 64 valence electrons. The van der Waals surface area contributed by atoms with Crippen LogP contribution in [0.5, 0.6) is 0 Å². The molecule has 0 amide bonds. The van der Waals surface area contributed by atoms with Crippen molar-refractivity contribution in [2.24, 2.45) is 0 Å². The van der Waals surface area contributed by atoms with Gasteiger partial charge in [0, 0.05) is 24.3 Å². The molecule has 0 atom stereocenters. The Morgan fingerprint density at radius 3 is 3.08 bits per heavy atom. The van der Waals surface area contributed by atoms with E-state index in [1.165, 1.54) is 0 Å². The van der Waals surface area contributed by atoms with Gasteiger partial charge < -0.3 is 9.30 Å². The number of nitriles is 1. The SMILES string of the molecule is COCCn1cc(Br)cc1C#N. The second-order valence-electron chi connectivity index (χ2n) is 2.34. The van der Waals surface area contributed by atoms with Crippen LogP contribution in [-0.4, -0.2) is 18.3 Å². The minimum atomic E-state index is 0.621. The summed E-state index contributed by atoms with van der Waals surface area (Å²) in [5, 5.41) is 8.70. The number of hydrogen-bond acceptors (Lipinski definition) is 2. The molecule has 0 fully saturated rings. The van der Waals surface area contributed by atoms with E-state index in [0.29, 0.717) is 18.8 Å². The first kappa shape index (κ1) is 9.30. The van der Waals surface area contributed by atoms with Crippen molar-refractivity contribution in [3.05, 3.63) is 22.4 Å². The van der Waals surface area contributed by atoms with E-state index in [1.54, 1.807) is 13.2 Å². The fraction of sp³-hybridized carbons (Fsp3) is 0.375. The van der Waals surface area contributed by atoms with Gasteiger partial charge in [0.25, 0.3) is 0 Å². The number of halogens is 1. The summed E-state index contributed by atoms with van der Waals surface area (Å²) in [5.41, 5.74) is 0.652. The number of nitrogens with zero attached hydrogens (tertiary/aromatic N) is 2. The average Bonchev–Trinajstić information content (AvgIpc) is 2.42. The van der Waals surface area contributed by atoms with Crippen LogP contribution in [0.2, 0.25) is 0 Å². The molecule has 0 unspecified atom stereocenters. The number of aromatic nitrogens is 1. The Labute approximate surface area is 79.7 Å². The van der Waals surface area contributed by atoms with Gasteiger partial charge in [-0.25, -0.2) is 0 Å². The molecule has 4 heteroatoms. The van der Waals surface area contributed by atoms with E-state index in [0.717, 1.165) is 4.47 Å². The second kappa shape index (κ2) is 4.29. The first-order chi connectivity index (χ1) is 5.77. The number of ether oxygens (including phenoxy) is 1. The molecule has 0 saturated carbocycles. The summed E-state index contributed by atoms with van der Waals surface area (Å²) in [4.78, 5) is 0. The van der Waals surface area contributed by atoms with E-state index in [1.807, 2.05) is 10.8 Å². The summed E-state index contributed by atoms with van der Waals surface area (Å²) in [5.74, 6) is 0. The van der Waals surface area contributed by atoms with Crippen molar-refractivity contribution < 1.29 is 4.74 Å². The summed E-state index contributed by atoms with van der Waals surface area (Å²) >= 11 is 3.30. The Kier molecular flexibility index (Phi) is 3.32. The maximum Gasteiger partial charge on any atom is 0.121 e. The number of rotatable bonds is 3. The maximum absolute atomic E-state index is 8.70. The van der Waals surface area contributed by atoms with Gasteiger partial charge in [-0.15, -0.1) is 0 Å². The molecule has 1 heterocycles. The molecule has 0 radical (unpaired) electrons. The molecule has 1 rings (SSSR count). The van der Waals surface area contributed by atoms with Gasteiger partial charge in [0.2, 0.25) is 0 Å². The Bertz CT molecular complexity index is 300. The summed E-state index contributed by atoms with van der Waals surface area (Å²) in [7, 11) is 1.64. The largest absolute Gasteiger partial charge is 0.383 e. The molecular weight excluding hydrogens is 220 g/mol. The first-order valence-electron chi connectivity index (χ1n) is 3.52. The highest BCUT2D eigenvalue weighted by molar-refractivity contribution is 9.10. The van der Waals surface area contributed by atoms with E-state index in [-0.39, 0.29) is 0 Å². The molecule has 1 aromatic heterocycles. The molecule has 12 heavy (non-hydrogen) atoms. The van der Waals surface area contributed by atoms with Crippen molar-refractivity contribution in [3.8, 4) is 6.07 Å². The highest BCUT2D eigenvalue weighted by Gasteiger charge is 2.01. The predicted octanol–water partition coefficient (Wildman–Crippen LogP) is 1.77. The van der Waals surface area contributed by atoms with E-state index in [4.69, 9.17) is 10.00 Å². The lowest BCUT2D eigenvalue weighted by Crippen LogP contribution is -2.04. The highest BCUT2D eigenvalue weighted by Crippen LogP contribution is 2.13. The zero-order valence-electron chi connectivity index (χ0n) is 6.75. The minimum absolute atomic E-state index is 0.621. The van der Waals surface area contributed by atoms with E-state index in [2.05, 4.69) is 22.0 Å². The zero-order valence-corrected chi connectivity index (χ0v) is 8.34. The zero-order chi connectivity index (χ0) is 8.97. The molecule has 1 aromatic rings.